The molecule has 0 unspecified atom stereocenters. The average molecular weight is 258 g/mol. The van der Waals surface area contributed by atoms with Crippen molar-refractivity contribution in [2.24, 2.45) is 0 Å². The first-order valence-corrected chi connectivity index (χ1v) is 7.07. The number of aryl methyl sites for hydroxylation is 1. The molecule has 0 radical (unpaired) electrons. The van der Waals surface area contributed by atoms with E-state index in [1.165, 1.54) is 37.1 Å². The number of rotatable bonds is 3. The van der Waals surface area contributed by atoms with Crippen molar-refractivity contribution in [1.82, 2.24) is 19.6 Å². The Morgan fingerprint density at radius 2 is 1.79 bits per heavy atom. The summed E-state index contributed by atoms with van der Waals surface area (Å²) in [5.41, 5.74) is 2.39. The molecule has 0 spiro atoms. The highest BCUT2D eigenvalue weighted by atomic mass is 15.3. The molecule has 2 aromatic rings. The molecule has 1 aliphatic heterocycles. The van der Waals surface area contributed by atoms with Gasteiger partial charge in [0.15, 0.2) is 0 Å². The van der Waals surface area contributed by atoms with Crippen molar-refractivity contribution in [3.8, 4) is 0 Å². The summed E-state index contributed by atoms with van der Waals surface area (Å²) < 4.78 is 2.16. The van der Waals surface area contributed by atoms with Gasteiger partial charge in [-0.1, -0.05) is 18.2 Å². The van der Waals surface area contributed by atoms with Crippen LogP contribution < -0.4 is 0 Å². The van der Waals surface area contributed by atoms with Crippen LogP contribution in [0.25, 0.3) is 10.9 Å². The number of benzene rings is 1. The summed E-state index contributed by atoms with van der Waals surface area (Å²) >= 11 is 0. The van der Waals surface area contributed by atoms with Gasteiger partial charge in [0.25, 0.3) is 0 Å². The summed E-state index contributed by atoms with van der Waals surface area (Å²) in [5, 5.41) is 5.95. The van der Waals surface area contributed by atoms with Crippen LogP contribution in [-0.4, -0.2) is 59.4 Å². The Morgan fingerprint density at radius 3 is 2.58 bits per heavy atom. The first-order chi connectivity index (χ1) is 9.24. The van der Waals surface area contributed by atoms with Crippen molar-refractivity contribution in [3.63, 3.8) is 0 Å². The lowest BCUT2D eigenvalue weighted by molar-refractivity contribution is 0.149. The molecule has 1 fully saturated rings. The summed E-state index contributed by atoms with van der Waals surface area (Å²) in [6.45, 7) is 8.88. The molecule has 4 nitrogen and oxygen atoms in total. The molecule has 19 heavy (non-hydrogen) atoms. The van der Waals surface area contributed by atoms with Crippen molar-refractivity contribution >= 4 is 10.9 Å². The monoisotopic (exact) mass is 258 g/mol. The summed E-state index contributed by atoms with van der Waals surface area (Å²) in [5.74, 6) is 0. The minimum Gasteiger partial charge on any atom is -0.304 e. The van der Waals surface area contributed by atoms with Crippen LogP contribution in [0.15, 0.2) is 24.3 Å². The second-order valence-corrected chi connectivity index (χ2v) is 5.47. The van der Waals surface area contributed by atoms with Gasteiger partial charge in [0.05, 0.1) is 17.8 Å². The van der Waals surface area contributed by atoms with Gasteiger partial charge in [-0.2, -0.15) is 5.10 Å². The SMILES string of the molecule is Cc1nn(CCN2CCN(C)CC2)c2ccccc12. The quantitative estimate of drug-likeness (QED) is 0.835. The molecule has 1 saturated heterocycles. The Bertz CT molecular complexity index is 552. The number of aromatic nitrogens is 2. The molecule has 4 heteroatoms. The maximum Gasteiger partial charge on any atom is 0.0685 e. The van der Waals surface area contributed by atoms with Crippen molar-refractivity contribution in [1.29, 1.82) is 0 Å². The van der Waals surface area contributed by atoms with Crippen molar-refractivity contribution < 1.29 is 0 Å². The van der Waals surface area contributed by atoms with E-state index in [1.54, 1.807) is 0 Å². The largest absolute Gasteiger partial charge is 0.304 e. The smallest absolute Gasteiger partial charge is 0.0685 e. The Hall–Kier alpha value is -1.39. The van der Waals surface area contributed by atoms with E-state index in [2.05, 4.69) is 57.8 Å². The third-order valence-corrected chi connectivity index (χ3v) is 4.07. The number of fused-ring (bicyclic) bond motifs is 1. The molecular formula is C15H22N4. The number of likely N-dealkylation sites (N-methyl/N-ethyl adjacent to an activating group) is 1. The maximum absolute atomic E-state index is 4.67. The van der Waals surface area contributed by atoms with Crippen LogP contribution in [0.2, 0.25) is 0 Å². The van der Waals surface area contributed by atoms with E-state index in [0.717, 1.165) is 18.8 Å². The Kier molecular flexibility index (Phi) is 3.53. The number of hydrogen-bond acceptors (Lipinski definition) is 3. The van der Waals surface area contributed by atoms with Crippen molar-refractivity contribution in [2.45, 2.75) is 13.5 Å². The topological polar surface area (TPSA) is 24.3 Å². The Labute approximate surface area is 114 Å². The molecule has 0 saturated carbocycles. The third-order valence-electron chi connectivity index (χ3n) is 4.07. The summed E-state index contributed by atoms with van der Waals surface area (Å²) in [4.78, 5) is 4.93. The highest BCUT2D eigenvalue weighted by molar-refractivity contribution is 5.81. The first-order valence-electron chi connectivity index (χ1n) is 7.07. The van der Waals surface area contributed by atoms with Gasteiger partial charge in [0.2, 0.25) is 0 Å². The van der Waals surface area contributed by atoms with Gasteiger partial charge < -0.3 is 4.90 Å². The number of nitrogens with zero attached hydrogens (tertiary/aromatic N) is 4. The minimum absolute atomic E-state index is 0.984. The van der Waals surface area contributed by atoms with Crippen LogP contribution in [0.5, 0.6) is 0 Å². The fourth-order valence-corrected chi connectivity index (χ4v) is 2.77. The predicted octanol–water partition coefficient (Wildman–Crippen LogP) is 1.59. The van der Waals surface area contributed by atoms with Crippen LogP contribution in [0.1, 0.15) is 5.69 Å². The maximum atomic E-state index is 4.67. The zero-order chi connectivity index (χ0) is 13.2. The zero-order valence-corrected chi connectivity index (χ0v) is 11.8. The highest BCUT2D eigenvalue weighted by Gasteiger charge is 2.14. The van der Waals surface area contributed by atoms with Crippen LogP contribution in [0.3, 0.4) is 0 Å². The average Bonchev–Trinajstić information content (AvgIpc) is 2.76. The molecule has 0 atom stereocenters. The molecule has 0 aliphatic carbocycles. The molecule has 0 N–H and O–H groups in total. The van der Waals surface area contributed by atoms with E-state index in [4.69, 9.17) is 0 Å². The van der Waals surface area contributed by atoms with Gasteiger partial charge >= 0.3 is 0 Å². The number of piperazine rings is 1. The lowest BCUT2D eigenvalue weighted by atomic mass is 10.2. The fraction of sp³-hybridized carbons (Fsp3) is 0.533. The normalized spacial score (nSPS) is 18.2. The second-order valence-electron chi connectivity index (χ2n) is 5.47. The molecule has 2 heterocycles. The second kappa shape index (κ2) is 5.31. The van der Waals surface area contributed by atoms with E-state index < -0.39 is 0 Å². The molecule has 102 valence electrons. The van der Waals surface area contributed by atoms with E-state index in [9.17, 15) is 0 Å². The summed E-state index contributed by atoms with van der Waals surface area (Å²) in [7, 11) is 2.20. The standard InChI is InChI=1S/C15H22N4/c1-13-14-5-3-4-6-15(14)19(16-13)12-11-18-9-7-17(2)8-10-18/h3-6H,7-12H2,1-2H3. The Morgan fingerprint density at radius 1 is 1.05 bits per heavy atom. The molecule has 0 amide bonds. The summed E-state index contributed by atoms with van der Waals surface area (Å²) in [6.07, 6.45) is 0. The summed E-state index contributed by atoms with van der Waals surface area (Å²) in [6, 6.07) is 8.50. The van der Waals surface area contributed by atoms with Gasteiger partial charge in [0.1, 0.15) is 0 Å². The van der Waals surface area contributed by atoms with Gasteiger partial charge in [-0.3, -0.25) is 9.58 Å². The first kappa shape index (κ1) is 12.6. The minimum atomic E-state index is 0.984. The molecule has 1 aromatic heterocycles. The molecule has 1 aliphatic rings. The molecule has 3 rings (SSSR count). The Balaban J connectivity index is 1.69. The van der Waals surface area contributed by atoms with Crippen LogP contribution >= 0.6 is 0 Å². The van der Waals surface area contributed by atoms with Crippen molar-refractivity contribution in [3.05, 3.63) is 30.0 Å². The van der Waals surface area contributed by atoms with Crippen LogP contribution in [0.4, 0.5) is 0 Å². The molecule has 0 bridgehead atoms. The third kappa shape index (κ3) is 2.65. The van der Waals surface area contributed by atoms with E-state index >= 15 is 0 Å². The van der Waals surface area contributed by atoms with E-state index in [0.29, 0.717) is 0 Å². The van der Waals surface area contributed by atoms with E-state index in [1.807, 2.05) is 0 Å². The fourth-order valence-electron chi connectivity index (χ4n) is 2.77. The number of para-hydroxylation sites is 1. The number of hydrogen-bond donors (Lipinski definition) is 0. The molecule has 1 aromatic carbocycles. The predicted molar refractivity (Wildman–Crippen MR) is 78.4 cm³/mol. The highest BCUT2D eigenvalue weighted by Crippen LogP contribution is 2.17. The van der Waals surface area contributed by atoms with Gasteiger partial charge in [-0.05, 0) is 20.0 Å². The molecular weight excluding hydrogens is 236 g/mol. The lowest BCUT2D eigenvalue weighted by Crippen LogP contribution is -2.45. The van der Waals surface area contributed by atoms with Crippen molar-refractivity contribution in [2.75, 3.05) is 39.8 Å². The zero-order valence-electron chi connectivity index (χ0n) is 11.8. The van der Waals surface area contributed by atoms with E-state index in [-0.39, 0.29) is 0 Å². The lowest BCUT2D eigenvalue weighted by Gasteiger charge is -2.32. The van der Waals surface area contributed by atoms with Gasteiger partial charge in [-0.25, -0.2) is 0 Å². The van der Waals surface area contributed by atoms with Gasteiger partial charge in [0, 0.05) is 38.1 Å². The van der Waals surface area contributed by atoms with Crippen LogP contribution in [0, 0.1) is 6.92 Å². The van der Waals surface area contributed by atoms with Crippen LogP contribution in [-0.2, 0) is 6.54 Å². The van der Waals surface area contributed by atoms with Gasteiger partial charge in [-0.15, -0.1) is 0 Å².